The molecule has 0 saturated heterocycles. The summed E-state index contributed by atoms with van der Waals surface area (Å²) in [4.78, 5) is 4.26. The molecule has 0 fully saturated rings. The summed E-state index contributed by atoms with van der Waals surface area (Å²) in [6, 6.07) is 5.23. The SMILES string of the molecule is C=CCn1cnc(-c2cc(Cl)cc(Cl)c2)c1N. The van der Waals surface area contributed by atoms with Crippen molar-refractivity contribution in [1.82, 2.24) is 9.55 Å². The zero-order valence-electron chi connectivity index (χ0n) is 9.03. The van der Waals surface area contributed by atoms with Crippen LogP contribution in [0.1, 0.15) is 0 Å². The van der Waals surface area contributed by atoms with E-state index in [9.17, 15) is 0 Å². The number of nitrogen functional groups attached to an aromatic ring is 1. The standard InChI is InChI=1S/C12H11Cl2N3/c1-2-3-17-7-16-11(12(17)15)8-4-9(13)6-10(14)5-8/h2,4-7H,1,3,15H2. The number of halogens is 2. The van der Waals surface area contributed by atoms with Gasteiger partial charge in [0.2, 0.25) is 0 Å². The Morgan fingerprint density at radius 3 is 2.53 bits per heavy atom. The summed E-state index contributed by atoms with van der Waals surface area (Å²) >= 11 is 11.9. The lowest BCUT2D eigenvalue weighted by Gasteiger charge is -2.03. The average Bonchev–Trinajstić information content (AvgIpc) is 2.60. The fourth-order valence-electron chi connectivity index (χ4n) is 1.59. The molecule has 0 bridgehead atoms. The van der Waals surface area contributed by atoms with Crippen molar-refractivity contribution in [3.05, 3.63) is 47.2 Å². The maximum atomic E-state index is 5.99. The van der Waals surface area contributed by atoms with Crippen molar-refractivity contribution < 1.29 is 0 Å². The smallest absolute Gasteiger partial charge is 0.131 e. The van der Waals surface area contributed by atoms with Gasteiger partial charge in [0.25, 0.3) is 0 Å². The van der Waals surface area contributed by atoms with Gasteiger partial charge in [-0.15, -0.1) is 6.58 Å². The number of imidazole rings is 1. The van der Waals surface area contributed by atoms with Crippen LogP contribution >= 0.6 is 23.2 Å². The van der Waals surface area contributed by atoms with E-state index >= 15 is 0 Å². The predicted octanol–water partition coefficient (Wildman–Crippen LogP) is 3.63. The molecule has 0 radical (unpaired) electrons. The van der Waals surface area contributed by atoms with E-state index in [0.29, 0.717) is 28.1 Å². The van der Waals surface area contributed by atoms with Gasteiger partial charge in [-0.2, -0.15) is 0 Å². The average molecular weight is 268 g/mol. The van der Waals surface area contributed by atoms with Crippen molar-refractivity contribution in [2.45, 2.75) is 6.54 Å². The van der Waals surface area contributed by atoms with Gasteiger partial charge in [0.15, 0.2) is 0 Å². The van der Waals surface area contributed by atoms with E-state index in [0.717, 1.165) is 5.56 Å². The Kier molecular flexibility index (Phi) is 3.41. The third kappa shape index (κ3) is 2.46. The molecule has 0 amide bonds. The van der Waals surface area contributed by atoms with Crippen LogP contribution < -0.4 is 5.73 Å². The topological polar surface area (TPSA) is 43.8 Å². The number of anilines is 1. The van der Waals surface area contributed by atoms with Gasteiger partial charge in [-0.25, -0.2) is 4.98 Å². The summed E-state index contributed by atoms with van der Waals surface area (Å²) in [5.74, 6) is 0.572. The maximum Gasteiger partial charge on any atom is 0.131 e. The Morgan fingerprint density at radius 2 is 1.94 bits per heavy atom. The predicted molar refractivity (Wildman–Crippen MR) is 72.3 cm³/mol. The Bertz CT molecular complexity index is 541. The molecule has 0 aliphatic carbocycles. The van der Waals surface area contributed by atoms with Crippen molar-refractivity contribution in [3.63, 3.8) is 0 Å². The van der Waals surface area contributed by atoms with E-state index in [4.69, 9.17) is 28.9 Å². The first kappa shape index (κ1) is 12.0. The molecule has 0 unspecified atom stereocenters. The molecule has 0 spiro atoms. The molecule has 17 heavy (non-hydrogen) atoms. The van der Waals surface area contributed by atoms with E-state index in [1.54, 1.807) is 35.2 Å². The van der Waals surface area contributed by atoms with Gasteiger partial charge in [-0.3, -0.25) is 0 Å². The van der Waals surface area contributed by atoms with Crippen LogP contribution in [0, 0.1) is 0 Å². The third-order valence-electron chi connectivity index (χ3n) is 2.34. The highest BCUT2D eigenvalue weighted by atomic mass is 35.5. The quantitative estimate of drug-likeness (QED) is 0.864. The Hall–Kier alpha value is -1.45. The molecule has 1 heterocycles. The lowest BCUT2D eigenvalue weighted by Crippen LogP contribution is -2.00. The van der Waals surface area contributed by atoms with E-state index < -0.39 is 0 Å². The molecule has 0 aliphatic heterocycles. The molecular weight excluding hydrogens is 257 g/mol. The maximum absolute atomic E-state index is 5.99. The van der Waals surface area contributed by atoms with Gasteiger partial charge >= 0.3 is 0 Å². The van der Waals surface area contributed by atoms with E-state index in [-0.39, 0.29) is 0 Å². The number of hydrogen-bond donors (Lipinski definition) is 1. The molecule has 2 N–H and O–H groups in total. The highest BCUT2D eigenvalue weighted by molar-refractivity contribution is 6.35. The summed E-state index contributed by atoms with van der Waals surface area (Å²) < 4.78 is 1.80. The van der Waals surface area contributed by atoms with Crippen molar-refractivity contribution >= 4 is 29.0 Å². The minimum absolute atomic E-state index is 0.560. The van der Waals surface area contributed by atoms with Crippen molar-refractivity contribution in [2.75, 3.05) is 5.73 Å². The molecule has 2 rings (SSSR count). The number of aromatic nitrogens is 2. The Morgan fingerprint density at radius 1 is 1.29 bits per heavy atom. The van der Waals surface area contributed by atoms with Crippen LogP contribution in [0.4, 0.5) is 5.82 Å². The van der Waals surface area contributed by atoms with Crippen molar-refractivity contribution in [3.8, 4) is 11.3 Å². The normalized spacial score (nSPS) is 10.5. The van der Waals surface area contributed by atoms with Gasteiger partial charge in [0.1, 0.15) is 11.5 Å². The summed E-state index contributed by atoms with van der Waals surface area (Å²) in [5.41, 5.74) is 7.47. The van der Waals surface area contributed by atoms with Crippen molar-refractivity contribution in [1.29, 1.82) is 0 Å². The molecule has 1 aromatic carbocycles. The first-order valence-corrected chi connectivity index (χ1v) is 5.75. The molecular formula is C12H11Cl2N3. The highest BCUT2D eigenvalue weighted by Crippen LogP contribution is 2.29. The fraction of sp³-hybridized carbons (Fsp3) is 0.0833. The zero-order valence-corrected chi connectivity index (χ0v) is 10.5. The van der Waals surface area contributed by atoms with Crippen LogP contribution in [0.3, 0.4) is 0 Å². The van der Waals surface area contributed by atoms with Gasteiger partial charge < -0.3 is 10.3 Å². The van der Waals surface area contributed by atoms with Crippen LogP contribution in [0.15, 0.2) is 37.2 Å². The van der Waals surface area contributed by atoms with Crippen LogP contribution in [0.5, 0.6) is 0 Å². The summed E-state index contributed by atoms with van der Waals surface area (Å²) in [6.45, 7) is 4.28. The second kappa shape index (κ2) is 4.82. The highest BCUT2D eigenvalue weighted by Gasteiger charge is 2.10. The molecule has 1 aromatic heterocycles. The number of nitrogens with two attached hydrogens (primary N) is 1. The van der Waals surface area contributed by atoms with Crippen molar-refractivity contribution in [2.24, 2.45) is 0 Å². The third-order valence-corrected chi connectivity index (χ3v) is 2.78. The minimum Gasteiger partial charge on any atom is -0.383 e. The van der Waals surface area contributed by atoms with E-state index in [1.807, 2.05) is 0 Å². The number of benzene rings is 1. The summed E-state index contributed by atoms with van der Waals surface area (Å²) in [7, 11) is 0. The molecule has 0 saturated carbocycles. The van der Waals surface area contributed by atoms with Crippen LogP contribution in [-0.4, -0.2) is 9.55 Å². The van der Waals surface area contributed by atoms with Gasteiger partial charge in [-0.05, 0) is 18.2 Å². The van der Waals surface area contributed by atoms with Gasteiger partial charge in [0, 0.05) is 22.2 Å². The number of nitrogens with zero attached hydrogens (tertiary/aromatic N) is 2. The second-order valence-corrected chi connectivity index (χ2v) is 4.45. The molecule has 0 aliphatic rings. The second-order valence-electron chi connectivity index (χ2n) is 3.58. The fourth-order valence-corrected chi connectivity index (χ4v) is 2.12. The molecule has 88 valence electrons. The first-order chi connectivity index (χ1) is 8.11. The Labute approximate surface area is 109 Å². The molecule has 2 aromatic rings. The van der Waals surface area contributed by atoms with Crippen LogP contribution in [0.25, 0.3) is 11.3 Å². The summed E-state index contributed by atoms with van der Waals surface area (Å²) in [6.07, 6.45) is 3.42. The monoisotopic (exact) mass is 267 g/mol. The summed E-state index contributed by atoms with van der Waals surface area (Å²) in [5, 5.41) is 1.12. The van der Waals surface area contributed by atoms with Gasteiger partial charge in [-0.1, -0.05) is 29.3 Å². The first-order valence-electron chi connectivity index (χ1n) is 5.00. The van der Waals surface area contributed by atoms with E-state index in [2.05, 4.69) is 11.6 Å². The molecule has 5 heteroatoms. The zero-order chi connectivity index (χ0) is 12.4. The number of allylic oxidation sites excluding steroid dienone is 1. The lowest BCUT2D eigenvalue weighted by atomic mass is 10.1. The van der Waals surface area contributed by atoms with Gasteiger partial charge in [0.05, 0.1) is 6.33 Å². The molecule has 3 nitrogen and oxygen atoms in total. The molecule has 0 atom stereocenters. The van der Waals surface area contributed by atoms with E-state index in [1.165, 1.54) is 0 Å². The largest absolute Gasteiger partial charge is 0.383 e. The Balaban J connectivity index is 2.49. The van der Waals surface area contributed by atoms with Crippen LogP contribution in [-0.2, 0) is 6.54 Å². The van der Waals surface area contributed by atoms with Crippen LogP contribution in [0.2, 0.25) is 10.0 Å². The number of rotatable bonds is 3. The number of hydrogen-bond acceptors (Lipinski definition) is 2. The minimum atomic E-state index is 0.560. The lowest BCUT2D eigenvalue weighted by molar-refractivity contribution is 0.833.